The summed E-state index contributed by atoms with van der Waals surface area (Å²) in [5.41, 5.74) is 0.733. The van der Waals surface area contributed by atoms with Crippen molar-refractivity contribution in [3.05, 3.63) is 23.8 Å². The Kier molecular flexibility index (Phi) is 4.33. The minimum absolute atomic E-state index is 0.158. The van der Waals surface area contributed by atoms with Gasteiger partial charge in [0, 0.05) is 7.05 Å². The van der Waals surface area contributed by atoms with E-state index in [0.29, 0.717) is 5.75 Å². The molecule has 0 radical (unpaired) electrons. The van der Waals surface area contributed by atoms with Gasteiger partial charge in [-0.15, -0.1) is 0 Å². The Balaban J connectivity index is 3.22. The monoisotopic (exact) mass is 268 g/mol. The molecule has 0 N–H and O–H groups in total. The van der Waals surface area contributed by atoms with Crippen LogP contribution in [0.25, 0.3) is 0 Å². The summed E-state index contributed by atoms with van der Waals surface area (Å²) in [7, 11) is -0.723. The number of hydrogen-bond donors (Lipinski definition) is 0. The van der Waals surface area contributed by atoms with Crippen LogP contribution in [0.1, 0.15) is 12.5 Å². The molecule has 0 fully saturated rings. The van der Waals surface area contributed by atoms with E-state index >= 15 is 0 Å². The molecule has 98 valence electrons. The summed E-state index contributed by atoms with van der Waals surface area (Å²) in [6.07, 6.45) is 0. The van der Waals surface area contributed by atoms with Gasteiger partial charge in [0.15, 0.2) is 0 Å². The molecule has 0 amide bonds. The molecule has 0 heterocycles. The SMILES string of the molecule is COc1ccc(S(=O)(=O)N(C)C(C)C#N)cc1C. The summed E-state index contributed by atoms with van der Waals surface area (Å²) < 4.78 is 30.6. The van der Waals surface area contributed by atoms with Crippen molar-refractivity contribution in [3.8, 4) is 11.8 Å². The maximum atomic E-state index is 12.2. The molecule has 1 atom stereocenters. The first kappa shape index (κ1) is 14.5. The Morgan fingerprint density at radius 2 is 2.06 bits per heavy atom. The van der Waals surface area contributed by atoms with E-state index in [2.05, 4.69) is 0 Å². The lowest BCUT2D eigenvalue weighted by Gasteiger charge is -2.19. The lowest BCUT2D eigenvalue weighted by Crippen LogP contribution is -2.34. The molecule has 0 spiro atoms. The third kappa shape index (κ3) is 2.63. The fourth-order valence-corrected chi connectivity index (χ4v) is 2.83. The van der Waals surface area contributed by atoms with E-state index in [1.807, 2.05) is 6.07 Å². The number of benzene rings is 1. The first-order valence-corrected chi connectivity index (χ1v) is 6.81. The summed E-state index contributed by atoms with van der Waals surface area (Å²) in [5, 5.41) is 8.78. The van der Waals surface area contributed by atoms with Gasteiger partial charge >= 0.3 is 0 Å². The van der Waals surface area contributed by atoms with Crippen molar-refractivity contribution in [2.24, 2.45) is 0 Å². The van der Waals surface area contributed by atoms with Crippen molar-refractivity contribution in [2.45, 2.75) is 24.8 Å². The number of aryl methyl sites for hydroxylation is 1. The zero-order valence-corrected chi connectivity index (χ0v) is 11.7. The Morgan fingerprint density at radius 1 is 1.44 bits per heavy atom. The van der Waals surface area contributed by atoms with E-state index in [9.17, 15) is 8.42 Å². The second kappa shape index (κ2) is 5.38. The van der Waals surface area contributed by atoms with E-state index in [1.165, 1.54) is 33.2 Å². The molecule has 1 rings (SSSR count). The first-order chi connectivity index (χ1) is 8.34. The van der Waals surface area contributed by atoms with Crippen LogP contribution in [0.5, 0.6) is 5.75 Å². The van der Waals surface area contributed by atoms with Crippen molar-refractivity contribution < 1.29 is 13.2 Å². The largest absolute Gasteiger partial charge is 0.496 e. The van der Waals surface area contributed by atoms with Crippen molar-refractivity contribution >= 4 is 10.0 Å². The fraction of sp³-hybridized carbons (Fsp3) is 0.417. The van der Waals surface area contributed by atoms with Crippen LogP contribution in [0.3, 0.4) is 0 Å². The van der Waals surface area contributed by atoms with Crippen molar-refractivity contribution in [1.82, 2.24) is 4.31 Å². The molecule has 5 nitrogen and oxygen atoms in total. The third-order valence-corrected chi connectivity index (χ3v) is 4.70. The Hall–Kier alpha value is -1.58. The maximum absolute atomic E-state index is 12.2. The van der Waals surface area contributed by atoms with Crippen molar-refractivity contribution in [2.75, 3.05) is 14.2 Å². The Morgan fingerprint density at radius 3 is 2.50 bits per heavy atom. The number of methoxy groups -OCH3 is 1. The van der Waals surface area contributed by atoms with Crippen molar-refractivity contribution in [3.63, 3.8) is 0 Å². The summed E-state index contributed by atoms with van der Waals surface area (Å²) >= 11 is 0. The number of hydrogen-bond acceptors (Lipinski definition) is 4. The van der Waals surface area contributed by atoms with Crippen LogP contribution in [-0.4, -0.2) is 32.9 Å². The molecule has 1 aromatic rings. The molecular weight excluding hydrogens is 252 g/mol. The molecule has 1 aromatic carbocycles. The van der Waals surface area contributed by atoms with Gasteiger partial charge in [-0.3, -0.25) is 0 Å². The van der Waals surface area contributed by atoms with Gasteiger partial charge in [0.25, 0.3) is 0 Å². The number of nitriles is 1. The normalized spacial score (nSPS) is 13.1. The summed E-state index contributed by atoms with van der Waals surface area (Å²) in [4.78, 5) is 0.158. The summed E-state index contributed by atoms with van der Waals surface area (Å²) in [5.74, 6) is 0.630. The summed E-state index contributed by atoms with van der Waals surface area (Å²) in [6, 6.07) is 5.80. The zero-order valence-electron chi connectivity index (χ0n) is 10.8. The number of nitrogens with zero attached hydrogens (tertiary/aromatic N) is 2. The number of rotatable bonds is 4. The highest BCUT2D eigenvalue weighted by Gasteiger charge is 2.25. The maximum Gasteiger partial charge on any atom is 0.244 e. The second-order valence-corrected chi connectivity index (χ2v) is 5.96. The minimum Gasteiger partial charge on any atom is -0.496 e. The molecule has 6 heteroatoms. The molecule has 0 aromatic heterocycles. The smallest absolute Gasteiger partial charge is 0.244 e. The quantitative estimate of drug-likeness (QED) is 0.830. The molecule has 18 heavy (non-hydrogen) atoms. The van der Waals surface area contributed by atoms with E-state index in [0.717, 1.165) is 9.87 Å². The fourth-order valence-electron chi connectivity index (χ4n) is 1.47. The third-order valence-electron chi connectivity index (χ3n) is 2.78. The number of sulfonamides is 1. The van der Waals surface area contributed by atoms with Crippen LogP contribution in [0.2, 0.25) is 0 Å². The van der Waals surface area contributed by atoms with E-state index in [-0.39, 0.29) is 4.90 Å². The van der Waals surface area contributed by atoms with Gasteiger partial charge in [-0.1, -0.05) is 0 Å². The predicted octanol–water partition coefficient (Wildman–Crippen LogP) is 1.54. The van der Waals surface area contributed by atoms with Gasteiger partial charge in [0.2, 0.25) is 10.0 Å². The first-order valence-electron chi connectivity index (χ1n) is 5.37. The molecule has 0 aliphatic heterocycles. The molecule has 0 saturated carbocycles. The van der Waals surface area contributed by atoms with Crippen LogP contribution < -0.4 is 4.74 Å². The average Bonchev–Trinajstić information content (AvgIpc) is 2.36. The molecule has 1 unspecified atom stereocenters. The van der Waals surface area contributed by atoms with Gasteiger partial charge in [-0.2, -0.15) is 9.57 Å². The van der Waals surface area contributed by atoms with Gasteiger partial charge in [-0.05, 0) is 37.6 Å². The van der Waals surface area contributed by atoms with Gasteiger partial charge in [0.1, 0.15) is 11.8 Å². The van der Waals surface area contributed by atoms with Crippen LogP contribution in [0, 0.1) is 18.3 Å². The molecule has 0 aliphatic rings. The highest BCUT2D eigenvalue weighted by Crippen LogP contribution is 2.23. The van der Waals surface area contributed by atoms with E-state index < -0.39 is 16.1 Å². The van der Waals surface area contributed by atoms with Crippen LogP contribution in [0.4, 0.5) is 0 Å². The summed E-state index contributed by atoms with van der Waals surface area (Å²) in [6.45, 7) is 3.31. The Labute approximate surface area is 108 Å². The average molecular weight is 268 g/mol. The lowest BCUT2D eigenvalue weighted by molar-refractivity contribution is 0.411. The predicted molar refractivity (Wildman–Crippen MR) is 67.8 cm³/mol. The highest BCUT2D eigenvalue weighted by molar-refractivity contribution is 7.89. The highest BCUT2D eigenvalue weighted by atomic mass is 32.2. The topological polar surface area (TPSA) is 70.4 Å². The second-order valence-electron chi connectivity index (χ2n) is 3.96. The standard InChI is InChI=1S/C12H16N2O3S/c1-9-7-11(5-6-12(9)17-4)18(15,16)14(3)10(2)8-13/h5-7,10H,1-4H3. The lowest BCUT2D eigenvalue weighted by atomic mass is 10.2. The molecule has 0 saturated heterocycles. The van der Waals surface area contributed by atoms with Crippen LogP contribution in [-0.2, 0) is 10.0 Å². The zero-order chi connectivity index (χ0) is 13.9. The minimum atomic E-state index is -3.64. The van der Waals surface area contributed by atoms with Crippen LogP contribution >= 0.6 is 0 Å². The molecule has 0 bridgehead atoms. The van der Waals surface area contributed by atoms with E-state index in [4.69, 9.17) is 10.00 Å². The Bertz CT molecular complexity index is 575. The molecule has 0 aliphatic carbocycles. The van der Waals surface area contributed by atoms with Gasteiger partial charge in [-0.25, -0.2) is 8.42 Å². The van der Waals surface area contributed by atoms with E-state index in [1.54, 1.807) is 13.0 Å². The van der Waals surface area contributed by atoms with Gasteiger partial charge in [0.05, 0.1) is 18.1 Å². The van der Waals surface area contributed by atoms with Crippen molar-refractivity contribution in [1.29, 1.82) is 5.26 Å². The number of ether oxygens (including phenoxy) is 1. The molecular formula is C12H16N2O3S. The van der Waals surface area contributed by atoms with Gasteiger partial charge < -0.3 is 4.74 Å². The van der Waals surface area contributed by atoms with Crippen LogP contribution in [0.15, 0.2) is 23.1 Å².